The summed E-state index contributed by atoms with van der Waals surface area (Å²) in [6, 6.07) is 4.07. The third-order valence-corrected chi connectivity index (χ3v) is 3.24. The van der Waals surface area contributed by atoms with E-state index in [2.05, 4.69) is 4.90 Å². The monoisotopic (exact) mass is 240 g/mol. The smallest absolute Gasteiger partial charge is 0.159 e. The van der Waals surface area contributed by atoms with Crippen LogP contribution in [0, 0.1) is 11.6 Å². The van der Waals surface area contributed by atoms with Gasteiger partial charge in [-0.15, -0.1) is 0 Å². The van der Waals surface area contributed by atoms with Crippen LogP contribution < -0.4 is 5.73 Å². The van der Waals surface area contributed by atoms with E-state index in [0.29, 0.717) is 6.42 Å². The molecule has 0 saturated heterocycles. The number of nitrogens with zero attached hydrogens (tertiary/aromatic N) is 1. The van der Waals surface area contributed by atoms with Gasteiger partial charge in [-0.1, -0.05) is 6.07 Å². The molecular weight excluding hydrogens is 222 g/mol. The van der Waals surface area contributed by atoms with Crippen molar-refractivity contribution in [2.45, 2.75) is 24.8 Å². The summed E-state index contributed by atoms with van der Waals surface area (Å²) in [5.74, 6) is -1.57. The summed E-state index contributed by atoms with van der Waals surface area (Å²) in [6.45, 7) is 1.68. The van der Waals surface area contributed by atoms with Crippen molar-refractivity contribution in [3.05, 3.63) is 35.4 Å². The molecule has 0 amide bonds. The Morgan fingerprint density at radius 2 is 2.00 bits per heavy atom. The summed E-state index contributed by atoms with van der Waals surface area (Å²) in [4.78, 5) is 2.15. The normalized spacial score (nSPS) is 17.5. The number of halogens is 2. The first-order valence-electron chi connectivity index (χ1n) is 5.90. The molecule has 1 saturated carbocycles. The quantitative estimate of drug-likeness (QED) is 0.852. The number of rotatable bonds is 5. The Kier molecular flexibility index (Phi) is 3.45. The van der Waals surface area contributed by atoms with Crippen molar-refractivity contribution in [1.29, 1.82) is 0 Å². The number of likely N-dealkylation sites (N-methyl/N-ethyl adjacent to an activating group) is 1. The lowest BCUT2D eigenvalue weighted by Gasteiger charge is -2.20. The van der Waals surface area contributed by atoms with E-state index in [1.807, 2.05) is 7.05 Å². The molecule has 1 aliphatic rings. The minimum atomic E-state index is -0.791. The Morgan fingerprint density at radius 1 is 1.29 bits per heavy atom. The lowest BCUT2D eigenvalue weighted by atomic mass is 10.1. The second-order valence-electron chi connectivity index (χ2n) is 5.10. The molecule has 0 heterocycles. The highest BCUT2D eigenvalue weighted by Gasteiger charge is 2.38. The summed E-state index contributed by atoms with van der Waals surface area (Å²) in [7, 11) is 2.01. The van der Waals surface area contributed by atoms with Crippen LogP contribution in [0.15, 0.2) is 18.2 Å². The van der Waals surface area contributed by atoms with E-state index in [1.165, 1.54) is 12.1 Å². The maximum Gasteiger partial charge on any atom is 0.159 e. The van der Waals surface area contributed by atoms with Gasteiger partial charge in [0, 0.05) is 18.6 Å². The average Bonchev–Trinajstić information content (AvgIpc) is 2.98. The lowest BCUT2D eigenvalue weighted by molar-refractivity contribution is 0.306. The molecule has 1 fully saturated rings. The molecule has 2 nitrogen and oxygen atoms in total. The zero-order chi connectivity index (χ0) is 12.5. The summed E-state index contributed by atoms with van der Waals surface area (Å²) in [6.07, 6.45) is 2.88. The molecule has 0 atom stereocenters. The van der Waals surface area contributed by atoms with Crippen LogP contribution in [0.25, 0.3) is 0 Å². The number of hydrogen-bond donors (Lipinski definition) is 1. The average molecular weight is 240 g/mol. The highest BCUT2D eigenvalue weighted by atomic mass is 19.2. The topological polar surface area (TPSA) is 29.3 Å². The van der Waals surface area contributed by atoms with Gasteiger partial charge in [-0.25, -0.2) is 8.78 Å². The van der Waals surface area contributed by atoms with Gasteiger partial charge in [0.15, 0.2) is 11.6 Å². The van der Waals surface area contributed by atoms with Crippen LogP contribution in [0.3, 0.4) is 0 Å². The number of hydrogen-bond acceptors (Lipinski definition) is 2. The van der Waals surface area contributed by atoms with Gasteiger partial charge in [-0.2, -0.15) is 0 Å². The molecule has 2 N–H and O–H groups in total. The molecule has 94 valence electrons. The van der Waals surface area contributed by atoms with Gasteiger partial charge in [0.2, 0.25) is 0 Å². The van der Waals surface area contributed by atoms with Crippen molar-refractivity contribution >= 4 is 0 Å². The molecule has 4 heteroatoms. The van der Waals surface area contributed by atoms with E-state index in [4.69, 9.17) is 5.73 Å². The van der Waals surface area contributed by atoms with E-state index in [1.54, 1.807) is 6.07 Å². The Morgan fingerprint density at radius 3 is 2.59 bits per heavy atom. The van der Waals surface area contributed by atoms with Gasteiger partial charge in [0.05, 0.1) is 0 Å². The van der Waals surface area contributed by atoms with Crippen LogP contribution >= 0.6 is 0 Å². The van der Waals surface area contributed by atoms with E-state index < -0.39 is 11.6 Å². The summed E-state index contributed by atoms with van der Waals surface area (Å²) < 4.78 is 25.7. The van der Waals surface area contributed by atoms with Crippen LogP contribution in [0.4, 0.5) is 8.78 Å². The molecule has 0 aliphatic heterocycles. The van der Waals surface area contributed by atoms with Crippen molar-refractivity contribution in [2.75, 3.05) is 20.1 Å². The molecule has 1 aromatic carbocycles. The molecule has 0 spiro atoms. The predicted molar refractivity (Wildman–Crippen MR) is 63.7 cm³/mol. The zero-order valence-electron chi connectivity index (χ0n) is 10.0. The van der Waals surface area contributed by atoms with Crippen molar-refractivity contribution < 1.29 is 8.78 Å². The van der Waals surface area contributed by atoms with Crippen LogP contribution in [-0.2, 0) is 6.42 Å². The minimum Gasteiger partial charge on any atom is -0.324 e. The van der Waals surface area contributed by atoms with E-state index in [-0.39, 0.29) is 5.54 Å². The Hall–Kier alpha value is -1.00. The first-order valence-corrected chi connectivity index (χ1v) is 5.90. The van der Waals surface area contributed by atoms with Gasteiger partial charge in [0.1, 0.15) is 0 Å². The fourth-order valence-electron chi connectivity index (χ4n) is 1.95. The zero-order valence-corrected chi connectivity index (χ0v) is 10.0. The third-order valence-electron chi connectivity index (χ3n) is 3.24. The van der Waals surface area contributed by atoms with Gasteiger partial charge in [-0.05, 0) is 44.0 Å². The highest BCUT2D eigenvalue weighted by Crippen LogP contribution is 2.32. The molecule has 0 radical (unpaired) electrons. The van der Waals surface area contributed by atoms with Crippen LogP contribution in [0.5, 0.6) is 0 Å². The van der Waals surface area contributed by atoms with Gasteiger partial charge in [-0.3, -0.25) is 0 Å². The second kappa shape index (κ2) is 4.70. The molecule has 0 aromatic heterocycles. The van der Waals surface area contributed by atoms with Crippen molar-refractivity contribution in [2.24, 2.45) is 5.73 Å². The largest absolute Gasteiger partial charge is 0.324 e. The second-order valence-corrected chi connectivity index (χ2v) is 5.10. The summed E-state index contributed by atoms with van der Waals surface area (Å²) in [5, 5.41) is 0. The Bertz CT molecular complexity index is 402. The fourth-order valence-corrected chi connectivity index (χ4v) is 1.95. The van der Waals surface area contributed by atoms with Crippen molar-refractivity contribution in [3.63, 3.8) is 0 Å². The van der Waals surface area contributed by atoms with E-state index in [0.717, 1.165) is 31.5 Å². The van der Waals surface area contributed by atoms with E-state index >= 15 is 0 Å². The summed E-state index contributed by atoms with van der Waals surface area (Å²) in [5.41, 5.74) is 6.83. The molecule has 2 rings (SSSR count). The SMILES string of the molecule is CN(CCc1ccc(F)c(F)c1)CC1(N)CC1. The maximum absolute atomic E-state index is 13.0. The van der Waals surface area contributed by atoms with Gasteiger partial charge < -0.3 is 10.6 Å². The molecule has 0 bridgehead atoms. The first kappa shape index (κ1) is 12.5. The number of nitrogens with two attached hydrogens (primary N) is 1. The Labute approximate surface area is 100 Å². The fraction of sp³-hybridized carbons (Fsp3) is 0.538. The third kappa shape index (κ3) is 3.48. The van der Waals surface area contributed by atoms with Crippen LogP contribution in [0.2, 0.25) is 0 Å². The van der Waals surface area contributed by atoms with Crippen molar-refractivity contribution in [1.82, 2.24) is 4.90 Å². The van der Waals surface area contributed by atoms with Crippen LogP contribution in [0.1, 0.15) is 18.4 Å². The minimum absolute atomic E-state index is 0.00277. The maximum atomic E-state index is 13.0. The van der Waals surface area contributed by atoms with E-state index in [9.17, 15) is 8.78 Å². The highest BCUT2D eigenvalue weighted by molar-refractivity contribution is 5.18. The molecule has 1 aromatic rings. The van der Waals surface area contributed by atoms with Gasteiger partial charge in [0.25, 0.3) is 0 Å². The summed E-state index contributed by atoms with van der Waals surface area (Å²) >= 11 is 0. The molecule has 17 heavy (non-hydrogen) atoms. The number of benzene rings is 1. The Balaban J connectivity index is 1.82. The lowest BCUT2D eigenvalue weighted by Crippen LogP contribution is -2.38. The molecular formula is C13H18F2N2. The van der Waals surface area contributed by atoms with Crippen LogP contribution in [-0.4, -0.2) is 30.6 Å². The molecule has 1 aliphatic carbocycles. The van der Waals surface area contributed by atoms with Crippen molar-refractivity contribution in [3.8, 4) is 0 Å². The van der Waals surface area contributed by atoms with Gasteiger partial charge >= 0.3 is 0 Å². The first-order chi connectivity index (χ1) is 7.98. The standard InChI is InChI=1S/C13H18F2N2/c1-17(9-13(16)5-6-13)7-4-10-2-3-11(14)12(15)8-10/h2-3,8H,4-7,9,16H2,1H3. The molecule has 0 unspecified atom stereocenters. The predicted octanol–water partition coefficient (Wildman–Crippen LogP) is 1.93.